The fourth-order valence-corrected chi connectivity index (χ4v) is 3.95. The highest BCUT2D eigenvalue weighted by Gasteiger charge is 2.17. The molecule has 0 aliphatic heterocycles. The van der Waals surface area contributed by atoms with Gasteiger partial charge in [0.2, 0.25) is 0 Å². The van der Waals surface area contributed by atoms with Crippen LogP contribution in [0.15, 0.2) is 0 Å². The third-order valence-electron chi connectivity index (χ3n) is 3.60. The molecule has 0 aliphatic carbocycles. The number of carbonyl (C=O) groups excluding carboxylic acids is 1. The van der Waals surface area contributed by atoms with Crippen molar-refractivity contribution in [1.29, 1.82) is 0 Å². The zero-order valence-corrected chi connectivity index (χ0v) is 18.0. The number of esters is 1. The van der Waals surface area contributed by atoms with Gasteiger partial charge in [0.05, 0.1) is 6.61 Å². The van der Waals surface area contributed by atoms with Crippen molar-refractivity contribution in [3.05, 3.63) is 0 Å². The summed E-state index contributed by atoms with van der Waals surface area (Å²) in [7, 11) is -0.861. The first-order valence-electron chi connectivity index (χ1n) is 9.04. The van der Waals surface area contributed by atoms with Crippen LogP contribution >= 0.6 is 29.4 Å². The predicted octanol–water partition coefficient (Wildman–Crippen LogP) is 3.91. The van der Waals surface area contributed by atoms with Crippen LogP contribution in [0.25, 0.3) is 0 Å². The van der Waals surface area contributed by atoms with E-state index in [2.05, 4.69) is 10.8 Å². The maximum Gasteiger partial charge on any atom is 0.469 e. The van der Waals surface area contributed by atoms with Crippen LogP contribution in [0, 0.1) is 0 Å². The fourth-order valence-electron chi connectivity index (χ4n) is 2.24. The average molecular weight is 433 g/mol. The minimum atomic E-state index is -4.61. The van der Waals surface area contributed by atoms with Crippen LogP contribution in [-0.2, 0) is 18.6 Å². The van der Waals surface area contributed by atoms with E-state index in [0.29, 0.717) is 6.42 Å². The van der Waals surface area contributed by atoms with E-state index in [1.807, 2.05) is 21.6 Å². The Hall–Kier alpha value is 0.240. The zero-order valence-electron chi connectivity index (χ0n) is 15.5. The van der Waals surface area contributed by atoms with Crippen molar-refractivity contribution in [1.82, 2.24) is 0 Å². The van der Waals surface area contributed by atoms with E-state index in [1.165, 1.54) is 44.3 Å². The number of aliphatic hydroxyl groups excluding tert-OH is 1. The highest BCUT2D eigenvalue weighted by Crippen LogP contribution is 2.35. The minimum Gasteiger partial charge on any atom is -0.463 e. The molecule has 1 atom stereocenters. The summed E-state index contributed by atoms with van der Waals surface area (Å²) in [4.78, 5) is 28.5. The fraction of sp³-hybridized carbons (Fsp3) is 0.938. The second-order valence-corrected chi connectivity index (χ2v) is 9.97. The second kappa shape index (κ2) is 17.3. The Bertz CT molecular complexity index is 393. The Morgan fingerprint density at radius 3 is 2.04 bits per heavy atom. The van der Waals surface area contributed by atoms with Gasteiger partial charge in [-0.25, -0.2) is 4.57 Å². The van der Waals surface area contributed by atoms with Crippen molar-refractivity contribution in [3.63, 3.8) is 0 Å². The first kappa shape index (κ1) is 26.2. The van der Waals surface area contributed by atoms with Gasteiger partial charge >= 0.3 is 13.8 Å². The zero-order chi connectivity index (χ0) is 19.7. The Kier molecular flexibility index (Phi) is 17.5. The molecular formula is C16H33O7PS2. The van der Waals surface area contributed by atoms with Crippen molar-refractivity contribution in [2.24, 2.45) is 0 Å². The van der Waals surface area contributed by atoms with Gasteiger partial charge in [-0.05, 0) is 19.1 Å². The number of rotatable bonds is 18. The smallest absolute Gasteiger partial charge is 0.463 e. The summed E-state index contributed by atoms with van der Waals surface area (Å²) in [6, 6.07) is 0. The van der Waals surface area contributed by atoms with Gasteiger partial charge in [0.25, 0.3) is 0 Å². The van der Waals surface area contributed by atoms with Gasteiger partial charge < -0.3 is 19.6 Å². The molecule has 10 heteroatoms. The summed E-state index contributed by atoms with van der Waals surface area (Å²) in [5.74, 6) is 0.827. The van der Waals surface area contributed by atoms with Crippen LogP contribution < -0.4 is 0 Å². The molecular weight excluding hydrogens is 399 g/mol. The SMILES string of the molecule is CSSCCCCCCCCCCCC(=O)OC[C@@H](O)COP(=O)(O)O. The van der Waals surface area contributed by atoms with Gasteiger partial charge in [0, 0.05) is 12.2 Å². The van der Waals surface area contributed by atoms with Crippen LogP contribution in [0.4, 0.5) is 0 Å². The normalized spacial score (nSPS) is 12.9. The van der Waals surface area contributed by atoms with Crippen molar-refractivity contribution < 1.29 is 33.5 Å². The second-order valence-electron chi connectivity index (χ2n) is 6.04. The quantitative estimate of drug-likeness (QED) is 0.128. The van der Waals surface area contributed by atoms with Gasteiger partial charge in [-0.15, -0.1) is 0 Å². The number of hydrogen-bond donors (Lipinski definition) is 3. The Balaban J connectivity index is 3.35. The molecule has 0 aliphatic rings. The van der Waals surface area contributed by atoms with E-state index in [4.69, 9.17) is 14.5 Å². The Morgan fingerprint density at radius 1 is 0.962 bits per heavy atom. The lowest BCUT2D eigenvalue weighted by molar-refractivity contribution is -0.147. The summed E-state index contributed by atoms with van der Waals surface area (Å²) < 4.78 is 19.4. The largest absolute Gasteiger partial charge is 0.469 e. The molecule has 0 amide bonds. The molecule has 0 bridgehead atoms. The molecule has 0 saturated heterocycles. The lowest BCUT2D eigenvalue weighted by Gasteiger charge is -2.12. The van der Waals surface area contributed by atoms with Crippen molar-refractivity contribution in [2.45, 2.75) is 70.3 Å². The van der Waals surface area contributed by atoms with Gasteiger partial charge in [-0.1, -0.05) is 66.5 Å². The third kappa shape index (κ3) is 20.6. The number of ether oxygens (including phenoxy) is 1. The third-order valence-corrected chi connectivity index (χ3v) is 5.98. The molecule has 0 aromatic rings. The van der Waals surface area contributed by atoms with Gasteiger partial charge in [0.1, 0.15) is 12.7 Å². The predicted molar refractivity (Wildman–Crippen MR) is 107 cm³/mol. The number of carbonyl (C=O) groups is 1. The van der Waals surface area contributed by atoms with E-state index in [1.54, 1.807) is 0 Å². The summed E-state index contributed by atoms with van der Waals surface area (Å²) >= 11 is 0. The summed E-state index contributed by atoms with van der Waals surface area (Å²) in [6.45, 7) is -0.901. The monoisotopic (exact) mass is 432 g/mol. The van der Waals surface area contributed by atoms with Crippen LogP contribution in [0.2, 0.25) is 0 Å². The molecule has 0 radical (unpaired) electrons. The van der Waals surface area contributed by atoms with Crippen molar-refractivity contribution in [2.75, 3.05) is 25.2 Å². The molecule has 0 spiro atoms. The van der Waals surface area contributed by atoms with E-state index in [0.717, 1.165) is 19.3 Å². The molecule has 26 heavy (non-hydrogen) atoms. The molecule has 0 aromatic carbocycles. The van der Waals surface area contributed by atoms with Crippen molar-refractivity contribution >= 4 is 35.4 Å². The molecule has 3 N–H and O–H groups in total. The summed E-state index contributed by atoms with van der Waals surface area (Å²) in [5, 5.41) is 9.39. The molecule has 156 valence electrons. The molecule has 0 heterocycles. The molecule has 0 fully saturated rings. The van der Waals surface area contributed by atoms with Crippen LogP contribution in [0.1, 0.15) is 64.2 Å². The van der Waals surface area contributed by atoms with Gasteiger partial charge in [-0.3, -0.25) is 9.32 Å². The van der Waals surface area contributed by atoms with Gasteiger partial charge in [0.15, 0.2) is 0 Å². The number of phosphoric acid groups is 1. The lowest BCUT2D eigenvalue weighted by atomic mass is 10.1. The summed E-state index contributed by atoms with van der Waals surface area (Å²) in [6.07, 6.45) is 11.6. The first-order valence-corrected chi connectivity index (χ1v) is 13.3. The Labute approximate surface area is 164 Å². The highest BCUT2D eigenvalue weighted by molar-refractivity contribution is 8.76. The Morgan fingerprint density at radius 2 is 1.50 bits per heavy atom. The molecule has 0 unspecified atom stereocenters. The van der Waals surface area contributed by atoms with Crippen LogP contribution in [-0.4, -0.2) is 52.2 Å². The number of unbranched alkanes of at least 4 members (excludes halogenated alkanes) is 8. The van der Waals surface area contributed by atoms with E-state index < -0.39 is 26.5 Å². The van der Waals surface area contributed by atoms with Crippen molar-refractivity contribution in [3.8, 4) is 0 Å². The maximum atomic E-state index is 11.5. The minimum absolute atomic E-state index is 0.291. The summed E-state index contributed by atoms with van der Waals surface area (Å²) in [5.41, 5.74) is 0. The average Bonchev–Trinajstić information content (AvgIpc) is 2.58. The number of phosphoric ester groups is 1. The first-order chi connectivity index (χ1) is 12.3. The lowest BCUT2D eigenvalue weighted by Crippen LogP contribution is -2.23. The maximum absolute atomic E-state index is 11.5. The van der Waals surface area contributed by atoms with E-state index in [-0.39, 0.29) is 6.61 Å². The number of hydrogen-bond acceptors (Lipinski definition) is 7. The molecule has 0 rings (SSSR count). The number of aliphatic hydroxyl groups is 1. The highest BCUT2D eigenvalue weighted by atomic mass is 33.1. The van der Waals surface area contributed by atoms with Crippen LogP contribution in [0.3, 0.4) is 0 Å². The van der Waals surface area contributed by atoms with E-state index >= 15 is 0 Å². The van der Waals surface area contributed by atoms with Gasteiger partial charge in [-0.2, -0.15) is 0 Å². The van der Waals surface area contributed by atoms with Crippen LogP contribution in [0.5, 0.6) is 0 Å². The van der Waals surface area contributed by atoms with E-state index in [9.17, 15) is 14.5 Å². The topological polar surface area (TPSA) is 113 Å². The molecule has 0 saturated carbocycles. The standard InChI is InChI=1S/C16H33O7PS2/c1-25-26-12-10-8-6-4-2-3-5-7-9-11-16(18)22-13-15(17)14-23-24(19,20)21/h15,17H,2-14H2,1H3,(H2,19,20,21)/t15-/m1/s1. The molecule has 0 aromatic heterocycles. The molecule has 7 nitrogen and oxygen atoms in total.